The molecule has 8 heteroatoms. The summed E-state index contributed by atoms with van der Waals surface area (Å²) in [5, 5.41) is 5.48. The highest BCUT2D eigenvalue weighted by atomic mass is 35.5. The predicted molar refractivity (Wildman–Crippen MR) is 135 cm³/mol. The number of hydrogen-bond donors (Lipinski definition) is 0. The van der Waals surface area contributed by atoms with E-state index in [4.69, 9.17) is 16.7 Å². The van der Waals surface area contributed by atoms with Crippen LogP contribution in [0.4, 0.5) is 0 Å². The van der Waals surface area contributed by atoms with Gasteiger partial charge in [0.2, 0.25) is 5.91 Å². The molecule has 1 fully saturated rings. The Morgan fingerprint density at radius 3 is 2.50 bits per heavy atom. The van der Waals surface area contributed by atoms with Gasteiger partial charge >= 0.3 is 0 Å². The van der Waals surface area contributed by atoms with Crippen LogP contribution in [0.25, 0.3) is 11.3 Å². The summed E-state index contributed by atoms with van der Waals surface area (Å²) >= 11 is 6.05. The molecule has 2 aliphatic rings. The van der Waals surface area contributed by atoms with E-state index in [1.165, 1.54) is 0 Å². The van der Waals surface area contributed by atoms with E-state index in [0.29, 0.717) is 23.3 Å². The van der Waals surface area contributed by atoms with Crippen LogP contribution in [0.15, 0.2) is 30.3 Å². The number of benzene rings is 1. The van der Waals surface area contributed by atoms with Crippen molar-refractivity contribution in [1.29, 1.82) is 0 Å². The van der Waals surface area contributed by atoms with Crippen LogP contribution in [-0.2, 0) is 4.79 Å². The van der Waals surface area contributed by atoms with Crippen molar-refractivity contribution in [2.24, 2.45) is 0 Å². The Kier molecular flexibility index (Phi) is 7.94. The Balaban J connectivity index is 1.51. The maximum absolute atomic E-state index is 13.4. The SMILES string of the molecule is CCCCCC1CN(CC(=O)N2CCC(N(C)C)CC2)C(=O)c2cc(-c3ccc(Cl)cc3)nn21. The molecular weight excluding hydrogens is 450 g/mol. The molecule has 0 saturated carbocycles. The van der Waals surface area contributed by atoms with Gasteiger partial charge in [-0.25, -0.2) is 0 Å². The van der Waals surface area contributed by atoms with E-state index in [2.05, 4.69) is 25.9 Å². The monoisotopic (exact) mass is 485 g/mol. The molecule has 1 saturated heterocycles. The normalized spacial score (nSPS) is 19.1. The minimum atomic E-state index is -0.115. The van der Waals surface area contributed by atoms with Gasteiger partial charge in [0.05, 0.1) is 11.7 Å². The summed E-state index contributed by atoms with van der Waals surface area (Å²) in [5.41, 5.74) is 2.26. The molecule has 34 heavy (non-hydrogen) atoms. The molecular formula is C26H36ClN5O2. The molecule has 1 unspecified atom stereocenters. The Morgan fingerprint density at radius 1 is 1.15 bits per heavy atom. The number of hydrogen-bond acceptors (Lipinski definition) is 4. The number of fused-ring (bicyclic) bond motifs is 1. The minimum absolute atomic E-state index is 0.0451. The Bertz CT molecular complexity index is 995. The quantitative estimate of drug-likeness (QED) is 0.522. The number of unbranched alkanes of at least 4 members (excludes halogenated alkanes) is 2. The van der Waals surface area contributed by atoms with E-state index in [-0.39, 0.29) is 24.4 Å². The summed E-state index contributed by atoms with van der Waals surface area (Å²) in [4.78, 5) is 32.4. The molecule has 0 aliphatic carbocycles. The zero-order valence-corrected chi connectivity index (χ0v) is 21.3. The third-order valence-corrected chi connectivity index (χ3v) is 7.43. The van der Waals surface area contributed by atoms with Crippen molar-refractivity contribution in [3.05, 3.63) is 41.0 Å². The average Bonchev–Trinajstić information content (AvgIpc) is 3.28. The largest absolute Gasteiger partial charge is 0.341 e. The Hall–Kier alpha value is -2.38. The lowest BCUT2D eigenvalue weighted by molar-refractivity contribution is -0.133. The van der Waals surface area contributed by atoms with Crippen LogP contribution in [0.5, 0.6) is 0 Å². The molecule has 4 rings (SSSR count). The van der Waals surface area contributed by atoms with Gasteiger partial charge in [0.15, 0.2) is 0 Å². The number of piperidine rings is 1. The number of likely N-dealkylation sites (tertiary alicyclic amines) is 1. The standard InChI is InChI=1S/C26H36ClN5O2/c1-4-5-6-7-22-17-31(18-25(33)30-14-12-21(13-15-30)29(2)3)26(34)24-16-23(28-32(22)24)19-8-10-20(27)11-9-19/h8-11,16,21-22H,4-7,12-15,17-18H2,1-3H3. The van der Waals surface area contributed by atoms with Gasteiger partial charge in [-0.2, -0.15) is 5.10 Å². The molecule has 0 radical (unpaired) electrons. The van der Waals surface area contributed by atoms with Gasteiger partial charge in [0.25, 0.3) is 5.91 Å². The highest BCUT2D eigenvalue weighted by Crippen LogP contribution is 2.30. The lowest BCUT2D eigenvalue weighted by Gasteiger charge is -2.37. The van der Waals surface area contributed by atoms with Crippen LogP contribution in [0.2, 0.25) is 5.02 Å². The first-order chi connectivity index (χ1) is 16.4. The van der Waals surface area contributed by atoms with Gasteiger partial charge in [0, 0.05) is 36.3 Å². The van der Waals surface area contributed by atoms with E-state index < -0.39 is 0 Å². The highest BCUT2D eigenvalue weighted by Gasteiger charge is 2.35. The van der Waals surface area contributed by atoms with Gasteiger partial charge in [0.1, 0.15) is 12.2 Å². The second-order valence-corrected chi connectivity index (χ2v) is 10.2. The van der Waals surface area contributed by atoms with Crippen molar-refractivity contribution >= 4 is 23.4 Å². The number of amides is 2. The molecule has 184 valence electrons. The fourth-order valence-electron chi connectivity index (χ4n) is 5.05. The Morgan fingerprint density at radius 2 is 1.85 bits per heavy atom. The van der Waals surface area contributed by atoms with Gasteiger partial charge in [-0.15, -0.1) is 0 Å². The van der Waals surface area contributed by atoms with E-state index in [0.717, 1.165) is 62.9 Å². The summed E-state index contributed by atoms with van der Waals surface area (Å²) in [6.45, 7) is 4.35. The van der Waals surface area contributed by atoms with Crippen LogP contribution in [0.1, 0.15) is 62.0 Å². The van der Waals surface area contributed by atoms with E-state index in [9.17, 15) is 9.59 Å². The summed E-state index contributed by atoms with van der Waals surface area (Å²) in [6, 6.07) is 9.97. The number of nitrogens with zero attached hydrogens (tertiary/aromatic N) is 5. The number of halogens is 1. The topological polar surface area (TPSA) is 61.7 Å². The summed E-state index contributed by atoms with van der Waals surface area (Å²) < 4.78 is 1.89. The molecule has 2 aliphatic heterocycles. The Labute approximate surface area is 207 Å². The molecule has 1 aromatic carbocycles. The number of aromatic nitrogens is 2. The van der Waals surface area contributed by atoms with Gasteiger partial charge in [-0.3, -0.25) is 14.3 Å². The first-order valence-electron chi connectivity index (χ1n) is 12.5. The molecule has 1 aromatic heterocycles. The molecule has 0 N–H and O–H groups in total. The first kappa shape index (κ1) is 24.7. The third-order valence-electron chi connectivity index (χ3n) is 7.17. The first-order valence-corrected chi connectivity index (χ1v) is 12.8. The molecule has 0 spiro atoms. The maximum atomic E-state index is 13.4. The molecule has 2 amide bonds. The third kappa shape index (κ3) is 5.47. The summed E-state index contributed by atoms with van der Waals surface area (Å²) in [7, 11) is 4.18. The number of rotatable bonds is 8. The lowest BCUT2D eigenvalue weighted by Crippen LogP contribution is -2.51. The smallest absolute Gasteiger partial charge is 0.272 e. The van der Waals surface area contributed by atoms with Crippen LogP contribution in [0, 0.1) is 0 Å². The van der Waals surface area contributed by atoms with Gasteiger partial charge in [-0.1, -0.05) is 49.9 Å². The minimum Gasteiger partial charge on any atom is -0.341 e. The molecule has 1 atom stereocenters. The number of carbonyl (C=O) groups excluding carboxylic acids is 2. The van der Waals surface area contributed by atoms with Crippen molar-refractivity contribution in [2.45, 2.75) is 57.5 Å². The highest BCUT2D eigenvalue weighted by molar-refractivity contribution is 6.30. The lowest BCUT2D eigenvalue weighted by atomic mass is 10.0. The van der Waals surface area contributed by atoms with E-state index in [1.54, 1.807) is 4.90 Å². The number of carbonyl (C=O) groups is 2. The summed E-state index contributed by atoms with van der Waals surface area (Å²) in [5.74, 6) is -0.0697. The van der Waals surface area contributed by atoms with E-state index in [1.807, 2.05) is 39.9 Å². The molecule has 7 nitrogen and oxygen atoms in total. The van der Waals surface area contributed by atoms with Crippen molar-refractivity contribution in [2.75, 3.05) is 40.3 Å². The van der Waals surface area contributed by atoms with Gasteiger partial charge < -0.3 is 14.7 Å². The van der Waals surface area contributed by atoms with Crippen LogP contribution in [0.3, 0.4) is 0 Å². The summed E-state index contributed by atoms with van der Waals surface area (Å²) in [6.07, 6.45) is 6.25. The zero-order chi connectivity index (χ0) is 24.2. The second kappa shape index (κ2) is 10.9. The van der Waals surface area contributed by atoms with Gasteiger partial charge in [-0.05, 0) is 51.6 Å². The van der Waals surface area contributed by atoms with Crippen molar-refractivity contribution in [1.82, 2.24) is 24.5 Å². The average molecular weight is 486 g/mol. The van der Waals surface area contributed by atoms with Crippen molar-refractivity contribution in [3.63, 3.8) is 0 Å². The fraction of sp³-hybridized carbons (Fsp3) is 0.577. The molecule has 3 heterocycles. The van der Waals surface area contributed by atoms with Crippen molar-refractivity contribution < 1.29 is 9.59 Å². The predicted octanol–water partition coefficient (Wildman–Crippen LogP) is 4.33. The van der Waals surface area contributed by atoms with Crippen LogP contribution in [-0.4, -0.2) is 82.6 Å². The van der Waals surface area contributed by atoms with Crippen molar-refractivity contribution in [3.8, 4) is 11.3 Å². The fourth-order valence-corrected chi connectivity index (χ4v) is 5.17. The maximum Gasteiger partial charge on any atom is 0.272 e. The molecule has 0 bridgehead atoms. The zero-order valence-electron chi connectivity index (χ0n) is 20.5. The van der Waals surface area contributed by atoms with Crippen LogP contribution < -0.4 is 0 Å². The molecule has 2 aromatic rings. The second-order valence-electron chi connectivity index (χ2n) is 9.78. The van der Waals surface area contributed by atoms with Crippen LogP contribution >= 0.6 is 11.6 Å². The van der Waals surface area contributed by atoms with E-state index >= 15 is 0 Å².